The molecular formula is C17H15F3N4O. The Hall–Kier alpha value is -2.87. The molecule has 0 saturated carbocycles. The largest absolute Gasteiger partial charge is 0.573 e. The molecule has 130 valence electrons. The Labute approximate surface area is 141 Å². The highest BCUT2D eigenvalue weighted by Crippen LogP contribution is 2.26. The number of ether oxygens (including phenoxy) is 1. The summed E-state index contributed by atoms with van der Waals surface area (Å²) in [6.07, 6.45) is 0.348. The van der Waals surface area contributed by atoms with Gasteiger partial charge in [0.15, 0.2) is 0 Å². The number of nitrogens with zero attached hydrogens (tertiary/aromatic N) is 2. The maximum atomic E-state index is 12.4. The number of benzene rings is 1. The summed E-state index contributed by atoms with van der Waals surface area (Å²) in [6.45, 7) is 0.658. The first-order chi connectivity index (χ1) is 12.0. The molecule has 2 aromatic heterocycles. The predicted octanol–water partition coefficient (Wildman–Crippen LogP) is 3.66. The van der Waals surface area contributed by atoms with Gasteiger partial charge in [-0.2, -0.15) is 5.10 Å². The highest BCUT2D eigenvalue weighted by Gasteiger charge is 2.31. The summed E-state index contributed by atoms with van der Waals surface area (Å²) in [7, 11) is 0. The van der Waals surface area contributed by atoms with E-state index < -0.39 is 6.36 Å². The molecule has 0 aliphatic rings. The van der Waals surface area contributed by atoms with E-state index in [0.717, 1.165) is 16.8 Å². The van der Waals surface area contributed by atoms with Crippen molar-refractivity contribution in [1.29, 1.82) is 0 Å². The van der Waals surface area contributed by atoms with Gasteiger partial charge in [-0.1, -0.05) is 18.2 Å². The lowest BCUT2D eigenvalue weighted by atomic mass is 10.1. The van der Waals surface area contributed by atoms with E-state index in [1.165, 1.54) is 12.1 Å². The first-order valence-electron chi connectivity index (χ1n) is 7.50. The lowest BCUT2D eigenvalue weighted by Gasteiger charge is -2.13. The third-order valence-corrected chi connectivity index (χ3v) is 3.50. The molecule has 0 aliphatic heterocycles. The van der Waals surface area contributed by atoms with Gasteiger partial charge < -0.3 is 10.1 Å². The summed E-state index contributed by atoms with van der Waals surface area (Å²) in [5.41, 5.74) is 3.02. The van der Waals surface area contributed by atoms with Crippen LogP contribution in [-0.2, 0) is 13.1 Å². The third-order valence-electron chi connectivity index (χ3n) is 3.50. The van der Waals surface area contributed by atoms with Gasteiger partial charge in [0.25, 0.3) is 0 Å². The van der Waals surface area contributed by atoms with Crippen LogP contribution in [0.25, 0.3) is 11.3 Å². The topological polar surface area (TPSA) is 62.8 Å². The monoisotopic (exact) mass is 348 g/mol. The fraction of sp³-hybridized carbons (Fsp3) is 0.176. The van der Waals surface area contributed by atoms with Crippen LogP contribution in [0.5, 0.6) is 5.75 Å². The van der Waals surface area contributed by atoms with E-state index in [2.05, 4.69) is 25.2 Å². The molecule has 0 radical (unpaired) electrons. The second-order valence-electron chi connectivity index (χ2n) is 5.27. The van der Waals surface area contributed by atoms with E-state index in [1.54, 1.807) is 30.7 Å². The number of aromatic amines is 1. The van der Waals surface area contributed by atoms with Crippen molar-refractivity contribution in [2.45, 2.75) is 19.5 Å². The van der Waals surface area contributed by atoms with Crippen molar-refractivity contribution in [3.63, 3.8) is 0 Å². The molecular weight excluding hydrogens is 333 g/mol. The number of pyridine rings is 1. The fourth-order valence-electron chi connectivity index (χ4n) is 2.41. The lowest BCUT2D eigenvalue weighted by molar-refractivity contribution is -0.274. The summed E-state index contributed by atoms with van der Waals surface area (Å²) in [6, 6.07) is 9.77. The maximum Gasteiger partial charge on any atom is 0.573 e. The minimum Gasteiger partial charge on any atom is -0.405 e. The van der Waals surface area contributed by atoms with Crippen LogP contribution in [0.15, 0.2) is 55.0 Å². The Kier molecular flexibility index (Phi) is 4.99. The van der Waals surface area contributed by atoms with Crippen LogP contribution in [0.2, 0.25) is 0 Å². The van der Waals surface area contributed by atoms with Crippen LogP contribution in [0.3, 0.4) is 0 Å². The molecule has 0 unspecified atom stereocenters. The van der Waals surface area contributed by atoms with E-state index >= 15 is 0 Å². The van der Waals surface area contributed by atoms with Crippen molar-refractivity contribution in [3.05, 3.63) is 66.1 Å². The molecule has 0 amide bonds. The van der Waals surface area contributed by atoms with Gasteiger partial charge in [0.2, 0.25) is 0 Å². The maximum absolute atomic E-state index is 12.4. The van der Waals surface area contributed by atoms with Crippen molar-refractivity contribution in [2.24, 2.45) is 0 Å². The normalized spacial score (nSPS) is 11.5. The van der Waals surface area contributed by atoms with E-state index in [1.807, 2.05) is 12.1 Å². The first-order valence-corrected chi connectivity index (χ1v) is 7.50. The van der Waals surface area contributed by atoms with Crippen molar-refractivity contribution in [1.82, 2.24) is 20.5 Å². The predicted molar refractivity (Wildman–Crippen MR) is 85.5 cm³/mol. The second-order valence-corrected chi connectivity index (χ2v) is 5.27. The van der Waals surface area contributed by atoms with E-state index in [0.29, 0.717) is 12.1 Å². The summed E-state index contributed by atoms with van der Waals surface area (Å²) in [4.78, 5) is 4.06. The number of H-pyrrole nitrogens is 1. The van der Waals surface area contributed by atoms with Crippen molar-refractivity contribution >= 4 is 0 Å². The van der Waals surface area contributed by atoms with Gasteiger partial charge in [-0.15, -0.1) is 13.2 Å². The molecule has 0 aliphatic carbocycles. The van der Waals surface area contributed by atoms with Crippen molar-refractivity contribution < 1.29 is 17.9 Å². The van der Waals surface area contributed by atoms with Crippen LogP contribution < -0.4 is 10.1 Å². The van der Waals surface area contributed by atoms with Crippen LogP contribution >= 0.6 is 0 Å². The van der Waals surface area contributed by atoms with Crippen molar-refractivity contribution in [3.8, 4) is 17.0 Å². The zero-order chi connectivity index (χ0) is 17.7. The Balaban J connectivity index is 1.66. The summed E-state index contributed by atoms with van der Waals surface area (Å²) >= 11 is 0. The second kappa shape index (κ2) is 7.35. The molecule has 8 heteroatoms. The average Bonchev–Trinajstić information content (AvgIpc) is 3.04. The average molecular weight is 348 g/mol. The molecule has 0 spiro atoms. The molecule has 0 bridgehead atoms. The molecule has 3 rings (SSSR count). The Morgan fingerprint density at radius 1 is 1.00 bits per heavy atom. The number of alkyl halides is 3. The van der Waals surface area contributed by atoms with Gasteiger partial charge in [-0.3, -0.25) is 10.1 Å². The number of hydrogen-bond acceptors (Lipinski definition) is 4. The molecule has 25 heavy (non-hydrogen) atoms. The Bertz CT molecular complexity index is 818. The van der Waals surface area contributed by atoms with E-state index in [9.17, 15) is 13.2 Å². The molecule has 2 heterocycles. The molecule has 0 saturated heterocycles. The van der Waals surface area contributed by atoms with Crippen LogP contribution in [0.4, 0.5) is 13.2 Å². The minimum absolute atomic E-state index is 0.206. The van der Waals surface area contributed by atoms with Gasteiger partial charge in [0.05, 0.1) is 11.9 Å². The Morgan fingerprint density at radius 2 is 1.80 bits per heavy atom. The lowest BCUT2D eigenvalue weighted by Crippen LogP contribution is -2.20. The molecule has 1 aromatic carbocycles. The van der Waals surface area contributed by atoms with Crippen LogP contribution in [0.1, 0.15) is 11.1 Å². The summed E-state index contributed by atoms with van der Waals surface area (Å²) < 4.78 is 41.4. The van der Waals surface area contributed by atoms with Gasteiger partial charge in [-0.05, 0) is 18.2 Å². The number of hydrogen-bond donors (Lipinski definition) is 2. The third kappa shape index (κ3) is 4.57. The zero-order valence-electron chi connectivity index (χ0n) is 13.0. The highest BCUT2D eigenvalue weighted by atomic mass is 19.4. The fourth-order valence-corrected chi connectivity index (χ4v) is 2.41. The smallest absolute Gasteiger partial charge is 0.405 e. The van der Waals surface area contributed by atoms with Gasteiger partial charge in [-0.25, -0.2) is 0 Å². The molecule has 0 fully saturated rings. The van der Waals surface area contributed by atoms with Crippen molar-refractivity contribution in [2.75, 3.05) is 0 Å². The molecule has 3 aromatic rings. The summed E-state index contributed by atoms with van der Waals surface area (Å²) in [5.74, 6) is -0.206. The quantitative estimate of drug-likeness (QED) is 0.714. The van der Waals surface area contributed by atoms with Gasteiger partial charge in [0.1, 0.15) is 5.75 Å². The molecule has 5 nitrogen and oxygen atoms in total. The van der Waals surface area contributed by atoms with E-state index in [4.69, 9.17) is 0 Å². The standard InChI is InChI=1S/C17H15F3N4O/c18-17(19,20)25-15-6-2-1-4-12(15)8-22-10-14-11-23-24-16(14)13-5-3-7-21-9-13/h1-7,9,11,22H,8,10H2,(H,23,24). The number of para-hydroxylation sites is 1. The van der Waals surface area contributed by atoms with Crippen LogP contribution in [-0.4, -0.2) is 21.5 Å². The molecule has 0 atom stereocenters. The SMILES string of the molecule is FC(F)(F)Oc1ccccc1CNCc1cn[nH]c1-c1cccnc1. The minimum atomic E-state index is -4.71. The molecule has 2 N–H and O–H groups in total. The zero-order valence-corrected chi connectivity index (χ0v) is 13.0. The number of aromatic nitrogens is 3. The summed E-state index contributed by atoms with van der Waals surface area (Å²) in [5, 5.41) is 10.0. The van der Waals surface area contributed by atoms with Crippen LogP contribution in [0, 0.1) is 0 Å². The van der Waals surface area contributed by atoms with Gasteiger partial charge >= 0.3 is 6.36 Å². The number of nitrogens with one attached hydrogen (secondary N) is 2. The Morgan fingerprint density at radius 3 is 2.56 bits per heavy atom. The number of rotatable bonds is 6. The van der Waals surface area contributed by atoms with Gasteiger partial charge in [0, 0.05) is 42.2 Å². The first kappa shape index (κ1) is 17.0. The highest BCUT2D eigenvalue weighted by molar-refractivity contribution is 5.61. The van der Waals surface area contributed by atoms with E-state index in [-0.39, 0.29) is 12.3 Å². The number of halogens is 3.